The van der Waals surface area contributed by atoms with E-state index in [-0.39, 0.29) is 51.2 Å². The summed E-state index contributed by atoms with van der Waals surface area (Å²) in [6.07, 6.45) is 0. The molecule has 8 rings (SSSR count). The van der Waals surface area contributed by atoms with Gasteiger partial charge in [0.1, 0.15) is 0 Å². The smallest absolute Gasteiger partial charge is 0.335 e. The summed E-state index contributed by atoms with van der Waals surface area (Å²) in [5.41, 5.74) is 26.2. The Bertz CT molecular complexity index is 4130. The van der Waals surface area contributed by atoms with E-state index in [0.29, 0.717) is 67.3 Å². The number of aryl methyl sites for hydroxylation is 8. The topological polar surface area (TPSA) is 493 Å². The third-order valence-electron chi connectivity index (χ3n) is 12.6. The van der Waals surface area contributed by atoms with Crippen molar-refractivity contribution in [1.29, 1.82) is 5.26 Å². The van der Waals surface area contributed by atoms with E-state index in [0.717, 1.165) is 22.4 Å². The SMILES string of the molecule is Cc1cc(N)ccc1NC(=O)c1ccc(N)cc1C.Cc1cc([N+](=O)[O-])ccc1C#N.Cc1cc([N+](=O)[O-])ccc1C(=O)O.Cc1cc([N+](=O)[O-])ccc1C(=O)O.Cc1cc([N+](=O)[O-])ccc1N.Cc1cc([N+](=O)[O-])ccc1NC(=O)c1ccc([N+](=O)[O-])cc1C. The van der Waals surface area contributed by atoms with Gasteiger partial charge in [0.25, 0.3) is 45.9 Å². The van der Waals surface area contributed by atoms with E-state index in [9.17, 15) is 79.9 Å². The second kappa shape index (κ2) is 33.0. The summed E-state index contributed by atoms with van der Waals surface area (Å²) in [5.74, 6) is -2.74. The maximum absolute atomic E-state index is 12.3. The van der Waals surface area contributed by atoms with Crippen molar-refractivity contribution in [2.45, 2.75) is 55.4 Å². The van der Waals surface area contributed by atoms with Gasteiger partial charge in [0.15, 0.2) is 0 Å². The van der Waals surface area contributed by atoms with E-state index in [4.69, 9.17) is 32.7 Å². The van der Waals surface area contributed by atoms with Crippen LogP contribution in [0.4, 0.5) is 62.6 Å². The molecule has 0 aliphatic rings. The van der Waals surface area contributed by atoms with Crippen molar-refractivity contribution in [3.63, 3.8) is 0 Å². The number of aromatic carboxylic acids is 2. The number of nitro groups is 6. The summed E-state index contributed by atoms with van der Waals surface area (Å²) >= 11 is 0. The molecule has 0 unspecified atom stereocenters. The Kier molecular flexibility index (Phi) is 26.2. The third-order valence-corrected chi connectivity index (χ3v) is 12.6. The number of nitrogens with zero attached hydrogens (tertiary/aromatic N) is 7. The van der Waals surface area contributed by atoms with Gasteiger partial charge < -0.3 is 38.0 Å². The zero-order valence-electron chi connectivity index (χ0n) is 49.6. The largest absolute Gasteiger partial charge is 0.478 e. The Balaban J connectivity index is 0.000000291. The van der Waals surface area contributed by atoms with Gasteiger partial charge in [-0.1, -0.05) is 0 Å². The van der Waals surface area contributed by atoms with Crippen molar-refractivity contribution in [3.05, 3.63) is 279 Å². The van der Waals surface area contributed by atoms with Crippen molar-refractivity contribution < 1.29 is 58.9 Å². The lowest BCUT2D eigenvalue weighted by Gasteiger charge is -2.11. The summed E-state index contributed by atoms with van der Waals surface area (Å²) in [5, 5.41) is 93.8. The molecule has 0 saturated carbocycles. The van der Waals surface area contributed by atoms with Gasteiger partial charge in [-0.3, -0.25) is 70.3 Å². The molecule has 2 amide bonds. The average Bonchev–Trinajstić information content (AvgIpc) is 1.12. The number of carbonyl (C=O) groups is 4. The Hall–Kier alpha value is -13.1. The van der Waals surface area contributed by atoms with E-state index in [1.54, 1.807) is 58.0 Å². The molecule has 0 saturated heterocycles. The molecule has 0 aliphatic heterocycles. The zero-order valence-corrected chi connectivity index (χ0v) is 49.6. The zero-order chi connectivity index (χ0) is 68.7. The molecule has 30 nitrogen and oxygen atoms in total. The van der Waals surface area contributed by atoms with Gasteiger partial charge >= 0.3 is 11.9 Å². The average molecular weight is 1250 g/mol. The quantitative estimate of drug-likeness (QED) is 0.0339. The lowest BCUT2D eigenvalue weighted by Crippen LogP contribution is -2.14. The van der Waals surface area contributed by atoms with Crippen LogP contribution >= 0.6 is 0 Å². The first-order chi connectivity index (χ1) is 42.6. The summed E-state index contributed by atoms with van der Waals surface area (Å²) in [7, 11) is 0. The fraction of sp³-hybridized carbons (Fsp3) is 0.131. The molecule has 0 atom stereocenters. The monoisotopic (exact) mass is 1250 g/mol. The van der Waals surface area contributed by atoms with Gasteiger partial charge in [0.05, 0.1) is 52.3 Å². The second-order valence-corrected chi connectivity index (χ2v) is 19.4. The number of benzene rings is 8. The lowest BCUT2D eigenvalue weighted by molar-refractivity contribution is -0.385. The molecule has 0 aliphatic carbocycles. The van der Waals surface area contributed by atoms with Crippen molar-refractivity contribution in [2.24, 2.45) is 0 Å². The molecule has 10 N–H and O–H groups in total. The Morgan fingerprint density at radius 1 is 0.363 bits per heavy atom. The van der Waals surface area contributed by atoms with E-state index in [1.165, 1.54) is 123 Å². The molecule has 0 heterocycles. The first kappa shape index (κ1) is 72.2. The van der Waals surface area contributed by atoms with Gasteiger partial charge in [0.2, 0.25) is 0 Å². The maximum atomic E-state index is 12.3. The summed E-state index contributed by atoms with van der Waals surface area (Å²) in [6.45, 7) is 13.5. The first-order valence-electron chi connectivity index (χ1n) is 26.0. The number of nitriles is 1. The molecule has 8 aromatic rings. The van der Waals surface area contributed by atoms with Crippen LogP contribution in [0.2, 0.25) is 0 Å². The van der Waals surface area contributed by atoms with Crippen molar-refractivity contribution in [3.8, 4) is 6.07 Å². The normalized spacial score (nSPS) is 9.79. The third kappa shape index (κ3) is 21.7. The van der Waals surface area contributed by atoms with Crippen LogP contribution in [0.25, 0.3) is 0 Å². The number of nitrogen functional groups attached to an aromatic ring is 3. The van der Waals surface area contributed by atoms with Crippen LogP contribution in [0.3, 0.4) is 0 Å². The van der Waals surface area contributed by atoms with Crippen LogP contribution in [-0.2, 0) is 0 Å². The fourth-order valence-corrected chi connectivity index (χ4v) is 7.73. The number of non-ortho nitro benzene ring substituents is 6. The predicted molar refractivity (Wildman–Crippen MR) is 337 cm³/mol. The number of carbonyl (C=O) groups excluding carboxylic acids is 2. The maximum Gasteiger partial charge on any atom is 0.335 e. The molecule has 0 fully saturated rings. The highest BCUT2D eigenvalue weighted by molar-refractivity contribution is 6.06. The van der Waals surface area contributed by atoms with Crippen LogP contribution in [0.1, 0.15) is 91.5 Å². The van der Waals surface area contributed by atoms with Crippen LogP contribution in [-0.4, -0.2) is 63.5 Å². The molecule has 470 valence electrons. The minimum Gasteiger partial charge on any atom is -0.478 e. The van der Waals surface area contributed by atoms with Crippen molar-refractivity contribution >= 4 is 86.3 Å². The van der Waals surface area contributed by atoms with Gasteiger partial charge in [-0.25, -0.2) is 9.59 Å². The molecule has 0 radical (unpaired) electrons. The van der Waals surface area contributed by atoms with Gasteiger partial charge in [-0.2, -0.15) is 5.26 Å². The fourth-order valence-electron chi connectivity index (χ4n) is 7.73. The second-order valence-electron chi connectivity index (χ2n) is 19.4. The van der Waals surface area contributed by atoms with Crippen LogP contribution < -0.4 is 27.8 Å². The molecular weight excluding hydrogens is 1190 g/mol. The van der Waals surface area contributed by atoms with Crippen LogP contribution in [0, 0.1) is 127 Å². The van der Waals surface area contributed by atoms with E-state index in [1.807, 2.05) is 26.0 Å². The predicted octanol–water partition coefficient (Wildman–Crippen LogP) is 12.6. The molecule has 91 heavy (non-hydrogen) atoms. The van der Waals surface area contributed by atoms with Crippen molar-refractivity contribution in [1.82, 2.24) is 0 Å². The van der Waals surface area contributed by atoms with E-state index in [2.05, 4.69) is 10.6 Å². The first-order valence-corrected chi connectivity index (χ1v) is 26.0. The number of nitro benzene ring substituents is 6. The molecule has 0 spiro atoms. The minimum absolute atomic E-state index is 0.0199. The number of hydrogen-bond acceptors (Lipinski definition) is 20. The van der Waals surface area contributed by atoms with E-state index >= 15 is 0 Å². The van der Waals surface area contributed by atoms with Crippen molar-refractivity contribution in [2.75, 3.05) is 27.8 Å². The highest BCUT2D eigenvalue weighted by Gasteiger charge is 2.18. The Morgan fingerprint density at radius 3 is 0.934 bits per heavy atom. The number of carboxylic acid groups (broad SMARTS) is 2. The van der Waals surface area contributed by atoms with Gasteiger partial charge in [-0.15, -0.1) is 0 Å². The number of anilines is 5. The summed E-state index contributed by atoms with van der Waals surface area (Å²) < 4.78 is 0. The van der Waals surface area contributed by atoms with E-state index < -0.39 is 47.4 Å². The molecule has 0 bridgehead atoms. The molecule has 8 aromatic carbocycles. The molecule has 30 heteroatoms. The molecule has 0 aromatic heterocycles. The van der Waals surface area contributed by atoms with Crippen LogP contribution in [0.15, 0.2) is 146 Å². The van der Waals surface area contributed by atoms with Crippen LogP contribution in [0.5, 0.6) is 0 Å². The number of amides is 2. The summed E-state index contributed by atoms with van der Waals surface area (Å²) in [6, 6.07) is 36.5. The number of hydrogen-bond donors (Lipinski definition) is 7. The Labute approximate surface area is 516 Å². The van der Waals surface area contributed by atoms with Gasteiger partial charge in [0, 0.05) is 112 Å². The highest BCUT2D eigenvalue weighted by atomic mass is 16.6. The number of nitrogens with two attached hydrogens (primary N) is 3. The minimum atomic E-state index is -1.08. The lowest BCUT2D eigenvalue weighted by atomic mass is 10.1. The number of carboxylic acids is 2. The Morgan fingerprint density at radius 2 is 0.626 bits per heavy atom. The standard InChI is InChI=1S/C15H13N3O5.C15H17N3O.C8H6N2O2.2C8H7NO4.C7H8N2O2/c1-9-7-11(17(20)21)3-5-13(9)15(19)16-14-6-4-12(18(22)23)8-10(14)2;1-9-7-11(16)3-5-13(9)15(19)18-14-6-4-12(17)8-10(14)2;1-6-4-8(10(11)12)3-2-7(6)5-9;2*1-5-4-6(9(12)13)2-3-7(5)8(10)11;1-5-4-6(9(10)11)2-3-7(5)8/h3-8H,1-2H3,(H,16,19);3-8H,16-17H2,1-2H3,(H,18,19);2-4H,1H3;2*2-4H,1H3,(H,10,11);2-4H,8H2,1H3. The summed E-state index contributed by atoms with van der Waals surface area (Å²) in [4.78, 5) is 105. The van der Waals surface area contributed by atoms with Gasteiger partial charge in [-0.05, 0) is 173 Å². The highest BCUT2D eigenvalue weighted by Crippen LogP contribution is 2.26. The molecular formula is C61H58N12O18. The number of nitrogens with one attached hydrogen (secondary N) is 2. The number of rotatable bonds is 12.